The summed E-state index contributed by atoms with van der Waals surface area (Å²) in [5.41, 5.74) is 0. The molecule has 0 spiro atoms. The van der Waals surface area contributed by atoms with E-state index in [1.54, 1.807) is 0 Å². The molecule has 2 fully saturated rings. The van der Waals surface area contributed by atoms with Crippen LogP contribution >= 0.6 is 0 Å². The molecule has 1 aliphatic heterocycles. The average Bonchev–Trinajstić information content (AvgIpc) is 2.46. The minimum Gasteiger partial charge on any atom is -0.330 e. The smallest absolute Gasteiger partial charge is 0.330 e. The van der Waals surface area contributed by atoms with Gasteiger partial charge in [-0.1, -0.05) is 0 Å². The molecule has 92 valence electrons. The predicted molar refractivity (Wildman–Crippen MR) is 54.1 cm³/mol. The Hall–Kier alpha value is -1.72. The van der Waals surface area contributed by atoms with Gasteiger partial charge in [-0.3, -0.25) is 14.4 Å². The van der Waals surface area contributed by atoms with Crippen LogP contribution in [0.25, 0.3) is 0 Å². The van der Waals surface area contributed by atoms with Crippen LogP contribution in [-0.2, 0) is 24.0 Å². The fourth-order valence-corrected chi connectivity index (χ4v) is 1.96. The number of Topliss-reactive ketones (excluding diaryl/α,β-unsaturated/α-hetero) is 1. The number of imide groups is 1. The normalized spacial score (nSPS) is 27.9. The number of hydrogen-bond donors (Lipinski definition) is 0. The maximum absolute atomic E-state index is 11.6. The number of carbonyl (C=O) groups is 4. The van der Waals surface area contributed by atoms with Crippen molar-refractivity contribution in [2.24, 2.45) is 11.8 Å². The van der Waals surface area contributed by atoms with Crippen molar-refractivity contribution < 1.29 is 24.0 Å². The lowest BCUT2D eigenvalue weighted by Gasteiger charge is -2.31. The molecule has 0 aromatic heterocycles. The number of amides is 2. The van der Waals surface area contributed by atoms with Crippen LogP contribution in [0.15, 0.2) is 0 Å². The van der Waals surface area contributed by atoms with Gasteiger partial charge >= 0.3 is 5.97 Å². The van der Waals surface area contributed by atoms with E-state index in [1.807, 2.05) is 0 Å². The van der Waals surface area contributed by atoms with Gasteiger partial charge in [0.15, 0.2) is 0 Å². The number of ketones is 1. The number of carbonyl (C=O) groups excluding carboxylic acids is 4. The first-order chi connectivity index (χ1) is 7.99. The molecule has 1 saturated carbocycles. The van der Waals surface area contributed by atoms with E-state index >= 15 is 0 Å². The highest BCUT2D eigenvalue weighted by Crippen LogP contribution is 2.35. The molecule has 17 heavy (non-hydrogen) atoms. The third kappa shape index (κ3) is 2.20. The van der Waals surface area contributed by atoms with Gasteiger partial charge in [0.25, 0.3) is 11.8 Å². The SMILES string of the molecule is CC(=O)C1CC(C(=O)ON2C(=O)CCC2=O)C1. The van der Waals surface area contributed by atoms with Gasteiger partial charge in [-0.05, 0) is 19.8 Å². The molecule has 2 rings (SSSR count). The minimum absolute atomic E-state index is 0.0578. The number of nitrogens with zero attached hydrogens (tertiary/aromatic N) is 1. The monoisotopic (exact) mass is 239 g/mol. The summed E-state index contributed by atoms with van der Waals surface area (Å²) >= 11 is 0. The van der Waals surface area contributed by atoms with Gasteiger partial charge in [-0.2, -0.15) is 0 Å². The van der Waals surface area contributed by atoms with E-state index in [-0.39, 0.29) is 30.5 Å². The Kier molecular flexibility index (Phi) is 2.95. The van der Waals surface area contributed by atoms with Crippen LogP contribution in [0.4, 0.5) is 0 Å². The van der Waals surface area contributed by atoms with E-state index in [0.29, 0.717) is 17.9 Å². The Balaban J connectivity index is 1.85. The summed E-state index contributed by atoms with van der Waals surface area (Å²) < 4.78 is 0. The van der Waals surface area contributed by atoms with Crippen molar-refractivity contribution in [3.8, 4) is 0 Å². The summed E-state index contributed by atoms with van der Waals surface area (Å²) in [4.78, 5) is 49.7. The summed E-state index contributed by atoms with van der Waals surface area (Å²) in [5, 5.41) is 0.545. The molecule has 0 atom stereocenters. The first kappa shape index (κ1) is 11.8. The molecule has 0 N–H and O–H groups in total. The molecule has 1 saturated heterocycles. The van der Waals surface area contributed by atoms with Gasteiger partial charge in [-0.25, -0.2) is 4.79 Å². The highest BCUT2D eigenvalue weighted by Gasteiger charge is 2.41. The zero-order valence-electron chi connectivity index (χ0n) is 9.47. The number of hydroxylamine groups is 2. The van der Waals surface area contributed by atoms with Crippen LogP contribution in [-0.4, -0.2) is 28.6 Å². The first-order valence-electron chi connectivity index (χ1n) is 5.57. The summed E-state index contributed by atoms with van der Waals surface area (Å²) in [5.74, 6) is -1.95. The Morgan fingerprint density at radius 1 is 1.12 bits per heavy atom. The van der Waals surface area contributed by atoms with Crippen molar-refractivity contribution in [2.45, 2.75) is 32.6 Å². The highest BCUT2D eigenvalue weighted by molar-refractivity contribution is 6.01. The van der Waals surface area contributed by atoms with Crippen LogP contribution in [0.3, 0.4) is 0 Å². The van der Waals surface area contributed by atoms with Crippen molar-refractivity contribution in [2.75, 3.05) is 0 Å². The molecule has 2 aliphatic rings. The molecule has 6 heteroatoms. The fraction of sp³-hybridized carbons (Fsp3) is 0.636. The Bertz CT molecular complexity index is 381. The molecule has 0 bridgehead atoms. The lowest BCUT2D eigenvalue weighted by Crippen LogP contribution is -2.40. The van der Waals surface area contributed by atoms with E-state index in [0.717, 1.165) is 0 Å². The van der Waals surface area contributed by atoms with Gasteiger partial charge in [-0.15, -0.1) is 5.06 Å². The number of rotatable bonds is 3. The van der Waals surface area contributed by atoms with Gasteiger partial charge < -0.3 is 4.84 Å². The van der Waals surface area contributed by atoms with Gasteiger partial charge in [0, 0.05) is 18.8 Å². The van der Waals surface area contributed by atoms with E-state index in [9.17, 15) is 19.2 Å². The quantitative estimate of drug-likeness (QED) is 0.657. The molecule has 6 nitrogen and oxygen atoms in total. The average molecular weight is 239 g/mol. The van der Waals surface area contributed by atoms with Crippen LogP contribution in [0.1, 0.15) is 32.6 Å². The second kappa shape index (κ2) is 4.27. The lowest BCUT2D eigenvalue weighted by molar-refractivity contribution is -0.203. The largest absolute Gasteiger partial charge is 0.336 e. The van der Waals surface area contributed by atoms with Crippen LogP contribution in [0.5, 0.6) is 0 Å². The zero-order chi connectivity index (χ0) is 12.6. The maximum Gasteiger partial charge on any atom is 0.336 e. The highest BCUT2D eigenvalue weighted by atomic mass is 16.7. The van der Waals surface area contributed by atoms with Gasteiger partial charge in [0.1, 0.15) is 5.78 Å². The molecule has 1 aliphatic carbocycles. The fourth-order valence-electron chi connectivity index (χ4n) is 1.96. The summed E-state index contributed by atoms with van der Waals surface area (Å²) in [6.45, 7) is 1.49. The summed E-state index contributed by atoms with van der Waals surface area (Å²) in [6, 6.07) is 0. The van der Waals surface area contributed by atoms with Crippen molar-refractivity contribution >= 4 is 23.6 Å². The Morgan fingerprint density at radius 2 is 1.65 bits per heavy atom. The Labute approximate surface area is 97.9 Å². The Morgan fingerprint density at radius 3 is 2.12 bits per heavy atom. The third-order valence-corrected chi connectivity index (χ3v) is 3.23. The van der Waals surface area contributed by atoms with Crippen molar-refractivity contribution in [3.63, 3.8) is 0 Å². The molecular weight excluding hydrogens is 226 g/mol. The molecule has 2 amide bonds. The van der Waals surface area contributed by atoms with Crippen LogP contribution < -0.4 is 0 Å². The second-order valence-electron chi connectivity index (χ2n) is 4.47. The van der Waals surface area contributed by atoms with Crippen molar-refractivity contribution in [1.82, 2.24) is 5.06 Å². The van der Waals surface area contributed by atoms with Crippen molar-refractivity contribution in [1.29, 1.82) is 0 Å². The first-order valence-corrected chi connectivity index (χ1v) is 5.57. The molecule has 0 aromatic rings. The standard InChI is InChI=1S/C11H13NO5/c1-6(13)7-4-8(5-7)11(16)17-12-9(14)2-3-10(12)15/h7-8H,2-5H2,1H3. The zero-order valence-corrected chi connectivity index (χ0v) is 9.47. The topological polar surface area (TPSA) is 80.8 Å². The van der Waals surface area contributed by atoms with Gasteiger partial charge in [0.2, 0.25) is 0 Å². The lowest BCUT2D eigenvalue weighted by atomic mass is 9.73. The van der Waals surface area contributed by atoms with E-state index in [1.165, 1.54) is 6.92 Å². The molecule has 0 radical (unpaired) electrons. The van der Waals surface area contributed by atoms with Gasteiger partial charge in [0.05, 0.1) is 5.92 Å². The van der Waals surface area contributed by atoms with E-state index < -0.39 is 17.8 Å². The summed E-state index contributed by atoms with van der Waals surface area (Å²) in [7, 11) is 0. The molecule has 0 unspecified atom stereocenters. The van der Waals surface area contributed by atoms with Crippen LogP contribution in [0.2, 0.25) is 0 Å². The third-order valence-electron chi connectivity index (χ3n) is 3.23. The molecule has 0 aromatic carbocycles. The summed E-state index contributed by atoms with van der Waals surface area (Å²) in [6.07, 6.45) is 1.08. The van der Waals surface area contributed by atoms with E-state index in [4.69, 9.17) is 4.84 Å². The van der Waals surface area contributed by atoms with Crippen molar-refractivity contribution in [3.05, 3.63) is 0 Å². The second-order valence-corrected chi connectivity index (χ2v) is 4.47. The van der Waals surface area contributed by atoms with E-state index in [2.05, 4.69) is 0 Å². The predicted octanol–water partition coefficient (Wildman–Crippen LogP) is 0.209. The minimum atomic E-state index is -0.592. The van der Waals surface area contributed by atoms with Crippen LogP contribution in [0, 0.1) is 11.8 Å². The maximum atomic E-state index is 11.6. The number of hydrogen-bond acceptors (Lipinski definition) is 5. The molecule has 1 heterocycles. The molecular formula is C11H13NO5.